The van der Waals surface area contributed by atoms with Gasteiger partial charge in [0, 0.05) is 18.6 Å². The van der Waals surface area contributed by atoms with Crippen molar-refractivity contribution in [2.75, 3.05) is 13.2 Å². The second-order valence-corrected chi connectivity index (χ2v) is 3.46. The van der Waals surface area contributed by atoms with Crippen molar-refractivity contribution in [2.24, 2.45) is 0 Å². The molecular weight excluding hydrogens is 242 g/mol. The molecule has 1 fully saturated rings. The van der Waals surface area contributed by atoms with E-state index in [0.29, 0.717) is 19.6 Å². The fraction of sp³-hybridized carbons (Fsp3) is 0.364. The number of hydrogen-bond acceptors (Lipinski definition) is 5. The lowest BCUT2D eigenvalue weighted by Crippen LogP contribution is -2.15. The molecule has 1 N–H and O–H groups in total. The van der Waals surface area contributed by atoms with Gasteiger partial charge in [0.15, 0.2) is 0 Å². The number of nitrogens with zero attached hydrogens (tertiary/aromatic N) is 1. The zero-order chi connectivity index (χ0) is 13.4. The smallest absolute Gasteiger partial charge is 0.450 e. The Hall–Kier alpha value is -2.15. The van der Waals surface area contributed by atoms with Gasteiger partial charge >= 0.3 is 6.16 Å². The summed E-state index contributed by atoms with van der Waals surface area (Å²) in [5.74, 6) is 0. The van der Waals surface area contributed by atoms with Gasteiger partial charge in [-0.2, -0.15) is 0 Å². The highest BCUT2D eigenvalue weighted by Crippen LogP contribution is 2.07. The first-order valence-corrected chi connectivity index (χ1v) is 5.26. The molecule has 0 aliphatic carbocycles. The van der Waals surface area contributed by atoms with Crippen LogP contribution < -0.4 is 0 Å². The molecule has 1 aromatic carbocycles. The summed E-state index contributed by atoms with van der Waals surface area (Å²) >= 11 is 0. The Morgan fingerprint density at radius 3 is 2.50 bits per heavy atom. The second kappa shape index (κ2) is 7.23. The zero-order valence-electron chi connectivity index (χ0n) is 9.52. The van der Waals surface area contributed by atoms with Crippen molar-refractivity contribution < 1.29 is 24.3 Å². The molecule has 0 radical (unpaired) electrons. The Labute approximate surface area is 103 Å². The van der Waals surface area contributed by atoms with Crippen LogP contribution in [0.3, 0.4) is 0 Å². The van der Waals surface area contributed by atoms with Gasteiger partial charge in [-0.05, 0) is 0 Å². The van der Waals surface area contributed by atoms with E-state index in [9.17, 15) is 14.9 Å². The maximum absolute atomic E-state index is 10.0. The van der Waals surface area contributed by atoms with Crippen LogP contribution in [-0.2, 0) is 9.47 Å². The molecule has 0 amide bonds. The molecule has 0 bridgehead atoms. The second-order valence-electron chi connectivity index (χ2n) is 3.46. The minimum atomic E-state index is -1.22. The van der Waals surface area contributed by atoms with Crippen LogP contribution in [0, 0.1) is 10.1 Å². The highest BCUT2D eigenvalue weighted by Gasteiger charge is 2.18. The van der Waals surface area contributed by atoms with E-state index < -0.39 is 11.1 Å². The topological polar surface area (TPSA) is 98.9 Å². The van der Waals surface area contributed by atoms with Gasteiger partial charge in [-0.25, -0.2) is 4.79 Å². The van der Waals surface area contributed by atoms with Crippen LogP contribution in [0.2, 0.25) is 0 Å². The minimum absolute atomic E-state index is 0.137. The van der Waals surface area contributed by atoms with Crippen molar-refractivity contribution in [3.05, 3.63) is 40.4 Å². The van der Waals surface area contributed by atoms with E-state index in [4.69, 9.17) is 9.84 Å². The van der Waals surface area contributed by atoms with Crippen LogP contribution in [0.5, 0.6) is 0 Å². The number of nitro groups is 1. The van der Waals surface area contributed by atoms with E-state index in [2.05, 4.69) is 4.74 Å². The number of non-ortho nitro benzene ring substituents is 1. The molecule has 98 valence electrons. The summed E-state index contributed by atoms with van der Waals surface area (Å²) in [6.07, 6.45) is -0.764. The van der Waals surface area contributed by atoms with Crippen LogP contribution >= 0.6 is 0 Å². The van der Waals surface area contributed by atoms with Crippen LogP contribution in [0.1, 0.15) is 6.42 Å². The lowest BCUT2D eigenvalue weighted by molar-refractivity contribution is -0.384. The molecule has 7 heteroatoms. The first-order valence-electron chi connectivity index (χ1n) is 5.26. The van der Waals surface area contributed by atoms with Gasteiger partial charge in [-0.1, -0.05) is 18.2 Å². The van der Waals surface area contributed by atoms with Gasteiger partial charge in [-0.3, -0.25) is 10.1 Å². The van der Waals surface area contributed by atoms with Crippen molar-refractivity contribution in [3.8, 4) is 0 Å². The third kappa shape index (κ3) is 5.26. The third-order valence-corrected chi connectivity index (χ3v) is 2.12. The van der Waals surface area contributed by atoms with Crippen LogP contribution in [0.15, 0.2) is 30.3 Å². The highest BCUT2D eigenvalue weighted by atomic mass is 16.7. The van der Waals surface area contributed by atoms with E-state index in [-0.39, 0.29) is 11.8 Å². The quantitative estimate of drug-likeness (QED) is 0.493. The number of ether oxygens (including phenoxy) is 2. The summed E-state index contributed by atoms with van der Waals surface area (Å²) in [6, 6.07) is 7.93. The molecule has 1 aliphatic rings. The largest absolute Gasteiger partial charge is 0.506 e. The van der Waals surface area contributed by atoms with Crippen LogP contribution in [-0.4, -0.2) is 35.5 Å². The lowest BCUT2D eigenvalue weighted by Gasteiger charge is -2.03. The number of para-hydroxylation sites is 1. The molecule has 1 saturated heterocycles. The summed E-state index contributed by atoms with van der Waals surface area (Å²) in [7, 11) is 0. The predicted octanol–water partition coefficient (Wildman–Crippen LogP) is 2.06. The average Bonchev–Trinajstić information content (AvgIpc) is 2.83. The molecule has 7 nitrogen and oxygen atoms in total. The number of hydrogen-bond donors (Lipinski definition) is 1. The number of carboxylic acid groups (broad SMARTS) is 1. The SMILES string of the molecule is O=C(O)OC1CCOC1.O=[N+]([O-])c1ccccc1. The molecule has 18 heavy (non-hydrogen) atoms. The summed E-state index contributed by atoms with van der Waals surface area (Å²) in [6.45, 7) is 1.02. The van der Waals surface area contributed by atoms with Crippen molar-refractivity contribution in [1.29, 1.82) is 0 Å². The molecule has 1 aromatic rings. The first kappa shape index (κ1) is 13.9. The molecule has 0 aromatic heterocycles. The molecule has 1 atom stereocenters. The van der Waals surface area contributed by atoms with Gasteiger partial charge in [-0.15, -0.1) is 0 Å². The maximum Gasteiger partial charge on any atom is 0.506 e. The highest BCUT2D eigenvalue weighted by molar-refractivity contribution is 5.57. The maximum atomic E-state index is 10.0. The van der Waals surface area contributed by atoms with Crippen LogP contribution in [0.25, 0.3) is 0 Å². The molecule has 1 aliphatic heterocycles. The van der Waals surface area contributed by atoms with E-state index in [1.807, 2.05) is 0 Å². The molecule has 2 rings (SSSR count). The van der Waals surface area contributed by atoms with Gasteiger partial charge < -0.3 is 14.6 Å². The molecular formula is C11H13NO6. The van der Waals surface area contributed by atoms with Gasteiger partial charge in [0.1, 0.15) is 6.10 Å². The van der Waals surface area contributed by atoms with Crippen molar-refractivity contribution in [3.63, 3.8) is 0 Å². The minimum Gasteiger partial charge on any atom is -0.450 e. The lowest BCUT2D eigenvalue weighted by atomic mass is 10.3. The number of benzene rings is 1. The zero-order valence-corrected chi connectivity index (χ0v) is 9.52. The Morgan fingerprint density at radius 2 is 2.11 bits per heavy atom. The summed E-state index contributed by atoms with van der Waals surface area (Å²) in [4.78, 5) is 19.5. The number of nitro benzene ring substituents is 1. The number of rotatable bonds is 2. The molecule has 1 unspecified atom stereocenters. The Bertz CT molecular complexity index is 388. The molecule has 1 heterocycles. The van der Waals surface area contributed by atoms with E-state index in [0.717, 1.165) is 0 Å². The average molecular weight is 255 g/mol. The van der Waals surface area contributed by atoms with E-state index >= 15 is 0 Å². The van der Waals surface area contributed by atoms with Gasteiger partial charge in [0.25, 0.3) is 5.69 Å². The predicted molar refractivity (Wildman–Crippen MR) is 61.4 cm³/mol. The van der Waals surface area contributed by atoms with Gasteiger partial charge in [0.2, 0.25) is 0 Å². The summed E-state index contributed by atoms with van der Waals surface area (Å²) in [5, 5.41) is 18.1. The standard InChI is InChI=1S/C6H5NO2.C5H8O4/c8-7(9)6-4-2-1-3-5-6;6-5(7)9-4-1-2-8-3-4/h1-5H;4H,1-3H2,(H,6,7). The summed E-state index contributed by atoms with van der Waals surface area (Å²) < 4.78 is 9.27. The normalized spacial score (nSPS) is 17.4. The first-order chi connectivity index (χ1) is 8.59. The van der Waals surface area contributed by atoms with Crippen molar-refractivity contribution in [2.45, 2.75) is 12.5 Å². The Kier molecular flexibility index (Phi) is 5.59. The van der Waals surface area contributed by atoms with Crippen molar-refractivity contribution >= 4 is 11.8 Å². The Morgan fingerprint density at radius 1 is 1.44 bits per heavy atom. The Balaban J connectivity index is 0.000000180. The van der Waals surface area contributed by atoms with Crippen molar-refractivity contribution in [1.82, 2.24) is 0 Å². The monoisotopic (exact) mass is 255 g/mol. The van der Waals surface area contributed by atoms with Gasteiger partial charge in [0.05, 0.1) is 18.1 Å². The molecule has 0 saturated carbocycles. The fourth-order valence-corrected chi connectivity index (χ4v) is 1.30. The van der Waals surface area contributed by atoms with E-state index in [1.54, 1.807) is 18.2 Å². The van der Waals surface area contributed by atoms with Crippen LogP contribution in [0.4, 0.5) is 10.5 Å². The third-order valence-electron chi connectivity index (χ3n) is 2.12. The molecule has 0 spiro atoms. The van der Waals surface area contributed by atoms with E-state index in [1.165, 1.54) is 12.1 Å². The number of carbonyl (C=O) groups is 1. The fourth-order valence-electron chi connectivity index (χ4n) is 1.30. The summed E-state index contributed by atoms with van der Waals surface area (Å²) in [5.41, 5.74) is 0.137.